The fourth-order valence-corrected chi connectivity index (χ4v) is 2.30. The van der Waals surface area contributed by atoms with E-state index in [0.29, 0.717) is 0 Å². The van der Waals surface area contributed by atoms with E-state index < -0.39 is 11.9 Å². The highest BCUT2D eigenvalue weighted by Crippen LogP contribution is 2.29. The molecule has 1 N–H and O–H groups in total. The fraction of sp³-hybridized carbons (Fsp3) is 0.250. The van der Waals surface area contributed by atoms with E-state index in [2.05, 4.69) is 4.98 Å². The van der Waals surface area contributed by atoms with Gasteiger partial charge in [-0.2, -0.15) is 0 Å². The summed E-state index contributed by atoms with van der Waals surface area (Å²) in [5.41, 5.74) is 4.98. The van der Waals surface area contributed by atoms with Crippen molar-refractivity contribution in [2.45, 2.75) is 26.7 Å². The highest BCUT2D eigenvalue weighted by atomic mass is 16.4. The molecule has 0 aliphatic heterocycles. The topological polar surface area (TPSA) is 50.2 Å². The summed E-state index contributed by atoms with van der Waals surface area (Å²) in [5.74, 6) is -1.47. The lowest BCUT2D eigenvalue weighted by Gasteiger charge is -2.18. The van der Waals surface area contributed by atoms with Gasteiger partial charge in [0.15, 0.2) is 0 Å². The van der Waals surface area contributed by atoms with E-state index in [4.69, 9.17) is 0 Å². The maximum atomic E-state index is 11.6. The Morgan fingerprint density at radius 1 is 1.05 bits per heavy atom. The molecule has 0 saturated heterocycles. The molecule has 3 heteroatoms. The van der Waals surface area contributed by atoms with Crippen molar-refractivity contribution in [3.05, 3.63) is 64.5 Å². The van der Waals surface area contributed by atoms with E-state index >= 15 is 0 Å². The molecule has 1 aromatic carbocycles. The average Bonchev–Trinajstić information content (AvgIpc) is 2.40. The molecule has 1 unspecified atom stereocenters. The van der Waals surface area contributed by atoms with Gasteiger partial charge in [-0.15, -0.1) is 0 Å². The van der Waals surface area contributed by atoms with Crippen LogP contribution < -0.4 is 0 Å². The van der Waals surface area contributed by atoms with Crippen molar-refractivity contribution in [3.63, 3.8) is 0 Å². The predicted octanol–water partition coefficient (Wildman–Crippen LogP) is 3.22. The molecule has 0 aliphatic rings. The van der Waals surface area contributed by atoms with Crippen LogP contribution in [0.1, 0.15) is 33.7 Å². The fourth-order valence-electron chi connectivity index (χ4n) is 2.30. The molecule has 0 spiro atoms. The number of aryl methyl sites for hydroxylation is 1. The Kier molecular flexibility index (Phi) is 3.65. The average molecular weight is 255 g/mol. The first-order valence-electron chi connectivity index (χ1n) is 6.21. The molecule has 1 aromatic heterocycles. The summed E-state index contributed by atoms with van der Waals surface area (Å²) in [6.07, 6.45) is 3.25. The molecule has 0 saturated carbocycles. The van der Waals surface area contributed by atoms with E-state index in [1.54, 1.807) is 24.5 Å². The maximum absolute atomic E-state index is 11.6. The van der Waals surface area contributed by atoms with Crippen LogP contribution in [0.5, 0.6) is 0 Å². The van der Waals surface area contributed by atoms with E-state index in [1.807, 2.05) is 32.9 Å². The lowest BCUT2D eigenvalue weighted by Crippen LogP contribution is -2.15. The minimum atomic E-state index is -0.836. The van der Waals surface area contributed by atoms with Gasteiger partial charge in [-0.25, -0.2) is 0 Å². The second-order valence-electron chi connectivity index (χ2n) is 4.77. The quantitative estimate of drug-likeness (QED) is 0.916. The number of aliphatic carboxylic acids is 1. The first-order valence-corrected chi connectivity index (χ1v) is 6.21. The first kappa shape index (κ1) is 13.3. The van der Waals surface area contributed by atoms with Gasteiger partial charge in [-0.1, -0.05) is 12.1 Å². The van der Waals surface area contributed by atoms with Crippen LogP contribution in [0.2, 0.25) is 0 Å². The molecule has 19 heavy (non-hydrogen) atoms. The molecule has 98 valence electrons. The number of pyridine rings is 1. The summed E-state index contributed by atoms with van der Waals surface area (Å²) in [4.78, 5) is 15.6. The third kappa shape index (κ3) is 2.50. The standard InChI is InChI=1S/C16H17NO2/c1-10-4-5-14(12(3)11(10)2)15(16(18)19)13-6-8-17-9-7-13/h4-9,15H,1-3H3,(H,18,19). The number of carboxylic acid groups (broad SMARTS) is 1. The zero-order valence-electron chi connectivity index (χ0n) is 11.3. The summed E-state index contributed by atoms with van der Waals surface area (Å²) in [6.45, 7) is 6.04. The van der Waals surface area contributed by atoms with Crippen LogP contribution >= 0.6 is 0 Å². The zero-order chi connectivity index (χ0) is 14.0. The van der Waals surface area contributed by atoms with Gasteiger partial charge in [0.25, 0.3) is 0 Å². The molecule has 0 aliphatic carbocycles. The monoisotopic (exact) mass is 255 g/mol. The largest absolute Gasteiger partial charge is 0.481 e. The van der Waals surface area contributed by atoms with Gasteiger partial charge < -0.3 is 5.11 Å². The second kappa shape index (κ2) is 5.22. The molecule has 2 rings (SSSR count). The molecule has 0 amide bonds. The van der Waals surface area contributed by atoms with E-state index in [9.17, 15) is 9.90 Å². The van der Waals surface area contributed by atoms with Crippen LogP contribution in [-0.2, 0) is 4.79 Å². The highest BCUT2D eigenvalue weighted by molar-refractivity contribution is 5.81. The van der Waals surface area contributed by atoms with E-state index in [1.165, 1.54) is 5.56 Å². The van der Waals surface area contributed by atoms with Gasteiger partial charge in [0.2, 0.25) is 0 Å². The van der Waals surface area contributed by atoms with Gasteiger partial charge in [0, 0.05) is 12.4 Å². The molecule has 0 fully saturated rings. The number of rotatable bonds is 3. The Morgan fingerprint density at radius 2 is 1.68 bits per heavy atom. The van der Waals surface area contributed by atoms with Gasteiger partial charge in [-0.3, -0.25) is 9.78 Å². The molecule has 1 atom stereocenters. The molecule has 0 radical (unpaired) electrons. The van der Waals surface area contributed by atoms with Crippen molar-refractivity contribution in [1.29, 1.82) is 0 Å². The molecule has 3 nitrogen and oxygen atoms in total. The van der Waals surface area contributed by atoms with Crippen molar-refractivity contribution in [1.82, 2.24) is 4.98 Å². The molecule has 0 bridgehead atoms. The maximum Gasteiger partial charge on any atom is 0.315 e. The van der Waals surface area contributed by atoms with Crippen LogP contribution in [0.25, 0.3) is 0 Å². The van der Waals surface area contributed by atoms with E-state index in [-0.39, 0.29) is 0 Å². The van der Waals surface area contributed by atoms with Gasteiger partial charge in [0.1, 0.15) is 5.92 Å². The Balaban J connectivity index is 2.59. The van der Waals surface area contributed by atoms with Crippen molar-refractivity contribution >= 4 is 5.97 Å². The predicted molar refractivity (Wildman–Crippen MR) is 74.4 cm³/mol. The number of nitrogens with zero attached hydrogens (tertiary/aromatic N) is 1. The second-order valence-corrected chi connectivity index (χ2v) is 4.77. The van der Waals surface area contributed by atoms with Crippen LogP contribution in [0.4, 0.5) is 0 Å². The lowest BCUT2D eigenvalue weighted by atomic mass is 9.86. The summed E-state index contributed by atoms with van der Waals surface area (Å²) >= 11 is 0. The van der Waals surface area contributed by atoms with Crippen molar-refractivity contribution < 1.29 is 9.90 Å². The Morgan fingerprint density at radius 3 is 2.26 bits per heavy atom. The van der Waals surface area contributed by atoms with Crippen LogP contribution in [0, 0.1) is 20.8 Å². The third-order valence-corrected chi connectivity index (χ3v) is 3.70. The highest BCUT2D eigenvalue weighted by Gasteiger charge is 2.24. The van der Waals surface area contributed by atoms with Gasteiger partial charge in [-0.05, 0) is 60.7 Å². The van der Waals surface area contributed by atoms with Gasteiger partial charge in [0.05, 0.1) is 0 Å². The van der Waals surface area contributed by atoms with Crippen molar-refractivity contribution in [3.8, 4) is 0 Å². The van der Waals surface area contributed by atoms with Gasteiger partial charge >= 0.3 is 5.97 Å². The number of aromatic nitrogens is 1. The van der Waals surface area contributed by atoms with Crippen molar-refractivity contribution in [2.75, 3.05) is 0 Å². The lowest BCUT2D eigenvalue weighted by molar-refractivity contribution is -0.137. The number of carbonyl (C=O) groups is 1. The smallest absolute Gasteiger partial charge is 0.315 e. The minimum Gasteiger partial charge on any atom is -0.481 e. The summed E-state index contributed by atoms with van der Waals surface area (Å²) in [7, 11) is 0. The first-order chi connectivity index (χ1) is 9.02. The summed E-state index contributed by atoms with van der Waals surface area (Å²) in [6, 6.07) is 7.41. The van der Waals surface area contributed by atoms with Crippen LogP contribution in [0.15, 0.2) is 36.7 Å². The summed E-state index contributed by atoms with van der Waals surface area (Å²) in [5, 5.41) is 9.54. The Bertz CT molecular complexity index is 606. The Hall–Kier alpha value is -2.16. The van der Waals surface area contributed by atoms with Crippen LogP contribution in [-0.4, -0.2) is 16.1 Å². The number of hydrogen-bond acceptors (Lipinski definition) is 2. The summed E-state index contributed by atoms with van der Waals surface area (Å²) < 4.78 is 0. The molecular weight excluding hydrogens is 238 g/mol. The Labute approximate surface area is 112 Å². The number of carboxylic acids is 1. The van der Waals surface area contributed by atoms with Crippen molar-refractivity contribution in [2.24, 2.45) is 0 Å². The normalized spacial score (nSPS) is 12.2. The number of benzene rings is 1. The van der Waals surface area contributed by atoms with Crippen LogP contribution in [0.3, 0.4) is 0 Å². The SMILES string of the molecule is Cc1ccc(C(C(=O)O)c2ccncc2)c(C)c1C. The molecular formula is C16H17NO2. The molecule has 2 aromatic rings. The molecule has 1 heterocycles. The number of hydrogen-bond donors (Lipinski definition) is 1. The third-order valence-electron chi connectivity index (χ3n) is 3.70. The zero-order valence-corrected chi connectivity index (χ0v) is 11.3. The minimum absolute atomic E-state index is 0.637. The van der Waals surface area contributed by atoms with E-state index in [0.717, 1.165) is 22.3 Å².